The third-order valence-electron chi connectivity index (χ3n) is 2.46. The fourth-order valence-corrected chi connectivity index (χ4v) is 2.76. The van der Waals surface area contributed by atoms with Crippen molar-refractivity contribution >= 4 is 22.5 Å². The highest BCUT2D eigenvalue weighted by Crippen LogP contribution is 2.33. The van der Waals surface area contributed by atoms with Gasteiger partial charge in [-0.25, -0.2) is 0 Å². The van der Waals surface area contributed by atoms with E-state index in [9.17, 15) is 4.79 Å². The molecule has 0 bridgehead atoms. The molecule has 3 N–H and O–H groups in total. The van der Waals surface area contributed by atoms with E-state index in [2.05, 4.69) is 16.1 Å². The van der Waals surface area contributed by atoms with Crippen molar-refractivity contribution < 1.29 is 4.79 Å². The number of thiol groups is 1. The standard InChI is InChI=1S/C14H16N2OS/c15-11-12-4-3-5-13(10-12)16-14(17)6-9-18-7-1-2-8-18/h1-10,18H,11,15H2,(H,16,17). The van der Waals surface area contributed by atoms with Crippen LogP contribution in [-0.2, 0) is 11.3 Å². The van der Waals surface area contributed by atoms with Crippen molar-refractivity contribution in [1.82, 2.24) is 0 Å². The van der Waals surface area contributed by atoms with Crippen LogP contribution in [0.2, 0.25) is 0 Å². The van der Waals surface area contributed by atoms with Crippen LogP contribution < -0.4 is 11.1 Å². The van der Waals surface area contributed by atoms with Crippen molar-refractivity contribution in [3.05, 3.63) is 64.3 Å². The topological polar surface area (TPSA) is 55.1 Å². The average molecular weight is 260 g/mol. The summed E-state index contributed by atoms with van der Waals surface area (Å²) in [5.41, 5.74) is 7.33. The second kappa shape index (κ2) is 6.23. The van der Waals surface area contributed by atoms with Crippen molar-refractivity contribution in [1.29, 1.82) is 0 Å². The van der Waals surface area contributed by atoms with E-state index in [-0.39, 0.29) is 16.8 Å². The van der Waals surface area contributed by atoms with Crippen LogP contribution in [0, 0.1) is 0 Å². The lowest BCUT2D eigenvalue weighted by molar-refractivity contribution is -0.111. The van der Waals surface area contributed by atoms with Gasteiger partial charge in [-0.05, 0) is 33.9 Å². The molecule has 1 aromatic rings. The minimum atomic E-state index is -0.384. The van der Waals surface area contributed by atoms with Gasteiger partial charge in [-0.1, -0.05) is 24.3 Å². The summed E-state index contributed by atoms with van der Waals surface area (Å²) < 4.78 is 0. The number of carbonyl (C=O) groups excluding carboxylic acids is 1. The van der Waals surface area contributed by atoms with Gasteiger partial charge >= 0.3 is 0 Å². The number of hydrogen-bond donors (Lipinski definition) is 3. The fourth-order valence-electron chi connectivity index (χ4n) is 1.56. The summed E-state index contributed by atoms with van der Waals surface area (Å²) in [6.07, 6.45) is 5.58. The molecular formula is C14H16N2OS. The first-order valence-corrected chi connectivity index (χ1v) is 7.23. The first kappa shape index (κ1) is 12.7. The lowest BCUT2D eigenvalue weighted by Crippen LogP contribution is -2.08. The molecule has 0 unspecified atom stereocenters. The predicted molar refractivity (Wildman–Crippen MR) is 79.4 cm³/mol. The summed E-state index contributed by atoms with van der Waals surface area (Å²) in [6, 6.07) is 7.55. The van der Waals surface area contributed by atoms with E-state index in [1.54, 1.807) is 6.08 Å². The van der Waals surface area contributed by atoms with Crippen LogP contribution in [-0.4, -0.2) is 5.91 Å². The van der Waals surface area contributed by atoms with Gasteiger partial charge in [0.05, 0.1) is 0 Å². The zero-order chi connectivity index (χ0) is 12.8. The minimum absolute atomic E-state index is 0.111. The van der Waals surface area contributed by atoms with E-state index in [1.165, 1.54) is 0 Å². The number of carbonyl (C=O) groups is 1. The highest BCUT2D eigenvalue weighted by molar-refractivity contribution is 8.24. The molecule has 0 aromatic heterocycles. The zero-order valence-electron chi connectivity index (χ0n) is 9.91. The molecule has 0 spiro atoms. The fraction of sp³-hybridized carbons (Fsp3) is 0.0714. The third-order valence-corrected chi connectivity index (χ3v) is 3.98. The molecule has 0 aliphatic carbocycles. The summed E-state index contributed by atoms with van der Waals surface area (Å²) in [6.45, 7) is 0.473. The predicted octanol–water partition coefficient (Wildman–Crippen LogP) is 2.64. The van der Waals surface area contributed by atoms with Gasteiger partial charge in [-0.2, -0.15) is 10.9 Å². The molecule has 0 saturated heterocycles. The van der Waals surface area contributed by atoms with Crippen molar-refractivity contribution in [3.8, 4) is 0 Å². The molecule has 1 aliphatic rings. The molecule has 18 heavy (non-hydrogen) atoms. The monoisotopic (exact) mass is 260 g/mol. The normalized spacial score (nSPS) is 15.5. The molecule has 0 atom stereocenters. The van der Waals surface area contributed by atoms with Gasteiger partial charge < -0.3 is 11.1 Å². The quantitative estimate of drug-likeness (QED) is 0.576. The Labute approximate surface area is 109 Å². The van der Waals surface area contributed by atoms with Gasteiger partial charge in [0.1, 0.15) is 0 Å². The number of hydrogen-bond acceptors (Lipinski definition) is 2. The molecule has 1 heterocycles. The molecule has 0 fully saturated rings. The van der Waals surface area contributed by atoms with E-state index in [0.29, 0.717) is 6.54 Å². The lowest BCUT2D eigenvalue weighted by Gasteiger charge is -2.05. The molecule has 4 heteroatoms. The maximum atomic E-state index is 11.7. The number of nitrogens with one attached hydrogen (secondary N) is 1. The van der Waals surface area contributed by atoms with Crippen molar-refractivity contribution in [2.75, 3.05) is 5.32 Å². The molecule has 1 aliphatic heterocycles. The Kier molecular flexibility index (Phi) is 4.39. The number of rotatable bonds is 4. The van der Waals surface area contributed by atoms with Crippen LogP contribution in [0.5, 0.6) is 0 Å². The van der Waals surface area contributed by atoms with Crippen LogP contribution in [0.3, 0.4) is 0 Å². The Morgan fingerprint density at radius 2 is 2.11 bits per heavy atom. The largest absolute Gasteiger partial charge is 0.326 e. The highest BCUT2D eigenvalue weighted by Gasteiger charge is 2.00. The van der Waals surface area contributed by atoms with Crippen molar-refractivity contribution in [3.63, 3.8) is 0 Å². The van der Waals surface area contributed by atoms with Gasteiger partial charge in [-0.3, -0.25) is 4.79 Å². The zero-order valence-corrected chi connectivity index (χ0v) is 10.8. The second-order valence-corrected chi connectivity index (χ2v) is 5.63. The minimum Gasteiger partial charge on any atom is -0.326 e. The van der Waals surface area contributed by atoms with E-state index >= 15 is 0 Å². The maximum Gasteiger partial charge on any atom is 0.248 e. The number of amides is 1. The lowest BCUT2D eigenvalue weighted by atomic mass is 10.2. The van der Waals surface area contributed by atoms with E-state index in [1.807, 2.05) is 41.8 Å². The smallest absolute Gasteiger partial charge is 0.248 e. The maximum absolute atomic E-state index is 11.7. The first-order chi connectivity index (χ1) is 8.78. The summed E-state index contributed by atoms with van der Waals surface area (Å²) >= 11 is 0. The molecule has 1 amide bonds. The summed E-state index contributed by atoms with van der Waals surface area (Å²) in [5.74, 6) is -0.111. The molecule has 94 valence electrons. The van der Waals surface area contributed by atoms with Gasteiger partial charge in [0.15, 0.2) is 0 Å². The Morgan fingerprint density at radius 3 is 2.83 bits per heavy atom. The van der Waals surface area contributed by atoms with Crippen LogP contribution in [0.1, 0.15) is 5.56 Å². The van der Waals surface area contributed by atoms with E-state index in [4.69, 9.17) is 5.73 Å². The Hall–Kier alpha value is -1.78. The van der Waals surface area contributed by atoms with Gasteiger partial charge in [0.25, 0.3) is 0 Å². The summed E-state index contributed by atoms with van der Waals surface area (Å²) in [7, 11) is -0.384. The van der Waals surface area contributed by atoms with Gasteiger partial charge in [0.2, 0.25) is 5.91 Å². The van der Waals surface area contributed by atoms with Crippen LogP contribution in [0.15, 0.2) is 58.7 Å². The Balaban J connectivity index is 1.94. The van der Waals surface area contributed by atoms with Crippen molar-refractivity contribution in [2.24, 2.45) is 5.73 Å². The molecule has 1 aromatic carbocycles. The molecule has 3 nitrogen and oxygen atoms in total. The number of allylic oxidation sites excluding steroid dienone is 2. The summed E-state index contributed by atoms with van der Waals surface area (Å²) in [5, 5.41) is 8.93. The molecule has 0 radical (unpaired) electrons. The van der Waals surface area contributed by atoms with Gasteiger partial charge in [-0.15, -0.1) is 0 Å². The van der Waals surface area contributed by atoms with Crippen LogP contribution in [0.25, 0.3) is 0 Å². The number of benzene rings is 1. The first-order valence-electron chi connectivity index (χ1n) is 5.68. The highest BCUT2D eigenvalue weighted by atomic mass is 32.2. The van der Waals surface area contributed by atoms with Crippen LogP contribution in [0.4, 0.5) is 5.69 Å². The Bertz CT molecular complexity index is 508. The van der Waals surface area contributed by atoms with E-state index < -0.39 is 0 Å². The number of nitrogens with two attached hydrogens (primary N) is 1. The molecule has 2 rings (SSSR count). The van der Waals surface area contributed by atoms with Crippen molar-refractivity contribution in [2.45, 2.75) is 6.54 Å². The van der Waals surface area contributed by atoms with E-state index in [0.717, 1.165) is 11.3 Å². The van der Waals surface area contributed by atoms with Crippen LogP contribution >= 0.6 is 10.9 Å². The number of anilines is 1. The average Bonchev–Trinajstić information content (AvgIpc) is 2.90. The SMILES string of the molecule is NCc1cccc(NC(=O)C=C[SH]2C=CC=C2)c1. The van der Waals surface area contributed by atoms with Gasteiger partial charge in [0, 0.05) is 18.3 Å². The molecule has 0 saturated carbocycles. The second-order valence-electron chi connectivity index (χ2n) is 3.84. The summed E-state index contributed by atoms with van der Waals surface area (Å²) in [4.78, 5) is 11.7. The third kappa shape index (κ3) is 3.61. The Morgan fingerprint density at radius 1 is 1.33 bits per heavy atom. The molecular weight excluding hydrogens is 244 g/mol.